The smallest absolute Gasteiger partial charge is 0.118 e. The molecule has 0 bridgehead atoms. The van der Waals surface area contributed by atoms with Crippen molar-refractivity contribution >= 4 is 22.4 Å². The van der Waals surface area contributed by atoms with Crippen molar-refractivity contribution < 1.29 is 4.74 Å². The van der Waals surface area contributed by atoms with Gasteiger partial charge >= 0.3 is 0 Å². The standard InChI is InChI=1S/C17H17N3O/c1-11(18)19-14-5-8-16-13(9-14)10-17(20-16)12-3-6-15(21-2)7-4-12/h3-10,20H,1-2H3,(H2,18,19). The highest BCUT2D eigenvalue weighted by Gasteiger charge is 2.05. The van der Waals surface area contributed by atoms with Crippen LogP contribution in [0.3, 0.4) is 0 Å². The largest absolute Gasteiger partial charge is 0.497 e. The van der Waals surface area contributed by atoms with Crippen molar-refractivity contribution in [2.75, 3.05) is 12.4 Å². The molecule has 4 heteroatoms. The van der Waals surface area contributed by atoms with E-state index in [2.05, 4.69) is 16.4 Å². The topological polar surface area (TPSA) is 60.9 Å². The molecule has 0 saturated carbocycles. The molecule has 0 aliphatic rings. The summed E-state index contributed by atoms with van der Waals surface area (Å²) in [6.45, 7) is 1.73. The summed E-state index contributed by atoms with van der Waals surface area (Å²) in [5, 5.41) is 11.6. The van der Waals surface area contributed by atoms with Crippen LogP contribution in [0.1, 0.15) is 6.92 Å². The van der Waals surface area contributed by atoms with Gasteiger partial charge in [-0.15, -0.1) is 0 Å². The van der Waals surface area contributed by atoms with Crippen molar-refractivity contribution in [3.05, 3.63) is 48.5 Å². The fourth-order valence-electron chi connectivity index (χ4n) is 2.35. The van der Waals surface area contributed by atoms with Crippen LogP contribution in [0.25, 0.3) is 22.2 Å². The molecule has 0 unspecified atom stereocenters. The zero-order valence-corrected chi connectivity index (χ0v) is 12.0. The summed E-state index contributed by atoms with van der Waals surface area (Å²) in [5.41, 5.74) is 4.19. The number of ether oxygens (including phenoxy) is 1. The first-order valence-electron chi connectivity index (χ1n) is 6.75. The Morgan fingerprint density at radius 2 is 1.86 bits per heavy atom. The maximum Gasteiger partial charge on any atom is 0.118 e. The molecule has 3 aromatic rings. The zero-order chi connectivity index (χ0) is 14.8. The fourth-order valence-corrected chi connectivity index (χ4v) is 2.35. The molecule has 1 aromatic heterocycles. The number of nitrogens with one attached hydrogen (secondary N) is 3. The zero-order valence-electron chi connectivity index (χ0n) is 12.0. The van der Waals surface area contributed by atoms with E-state index in [1.54, 1.807) is 14.0 Å². The van der Waals surface area contributed by atoms with Crippen molar-refractivity contribution in [3.63, 3.8) is 0 Å². The summed E-state index contributed by atoms with van der Waals surface area (Å²) in [6, 6.07) is 16.1. The van der Waals surface area contributed by atoms with E-state index in [-0.39, 0.29) is 0 Å². The molecule has 0 saturated heterocycles. The predicted octanol–water partition coefficient (Wildman–Crippen LogP) is 4.25. The maximum absolute atomic E-state index is 7.49. The van der Waals surface area contributed by atoms with E-state index >= 15 is 0 Å². The summed E-state index contributed by atoms with van der Waals surface area (Å²) in [7, 11) is 1.66. The molecule has 2 aromatic carbocycles. The van der Waals surface area contributed by atoms with Crippen LogP contribution < -0.4 is 10.1 Å². The van der Waals surface area contributed by atoms with E-state index in [1.807, 2.05) is 42.5 Å². The van der Waals surface area contributed by atoms with Crippen molar-refractivity contribution in [1.29, 1.82) is 5.41 Å². The Balaban J connectivity index is 1.97. The van der Waals surface area contributed by atoms with Gasteiger partial charge in [-0.25, -0.2) is 0 Å². The molecule has 106 valence electrons. The molecule has 0 fully saturated rings. The number of benzene rings is 2. The number of methoxy groups -OCH3 is 1. The number of H-pyrrole nitrogens is 1. The van der Waals surface area contributed by atoms with E-state index < -0.39 is 0 Å². The Morgan fingerprint density at radius 3 is 2.52 bits per heavy atom. The first kappa shape index (κ1) is 13.2. The number of aromatic amines is 1. The maximum atomic E-state index is 7.49. The highest BCUT2D eigenvalue weighted by molar-refractivity contribution is 5.95. The predicted molar refractivity (Wildman–Crippen MR) is 87.3 cm³/mol. The third-order valence-corrected chi connectivity index (χ3v) is 3.35. The molecule has 0 aliphatic carbocycles. The monoisotopic (exact) mass is 279 g/mol. The Labute approximate surface area is 123 Å². The lowest BCUT2D eigenvalue weighted by Gasteiger charge is -2.02. The van der Waals surface area contributed by atoms with Gasteiger partial charge < -0.3 is 15.0 Å². The minimum absolute atomic E-state index is 0.431. The fraction of sp³-hybridized carbons (Fsp3) is 0.118. The molecule has 0 amide bonds. The van der Waals surface area contributed by atoms with Gasteiger partial charge in [-0.3, -0.25) is 5.41 Å². The molecule has 3 N–H and O–H groups in total. The van der Waals surface area contributed by atoms with Crippen molar-refractivity contribution in [1.82, 2.24) is 4.98 Å². The number of amidine groups is 1. The van der Waals surface area contributed by atoms with Crippen LogP contribution in [0.15, 0.2) is 48.5 Å². The summed E-state index contributed by atoms with van der Waals surface area (Å²) in [5.74, 6) is 1.28. The molecule has 21 heavy (non-hydrogen) atoms. The van der Waals surface area contributed by atoms with Crippen molar-refractivity contribution in [3.8, 4) is 17.0 Å². The number of hydrogen-bond acceptors (Lipinski definition) is 2. The van der Waals surface area contributed by atoms with Crippen molar-refractivity contribution in [2.24, 2.45) is 0 Å². The Hall–Kier alpha value is -2.75. The SMILES string of the molecule is COc1ccc(-c2cc3cc(NC(C)=N)ccc3[nH]2)cc1. The van der Waals surface area contributed by atoms with Crippen LogP contribution in [-0.2, 0) is 0 Å². The molecular formula is C17H17N3O. The lowest BCUT2D eigenvalue weighted by Crippen LogP contribution is -2.04. The van der Waals surface area contributed by atoms with Gasteiger partial charge in [0, 0.05) is 22.3 Å². The molecule has 0 atom stereocenters. The minimum atomic E-state index is 0.431. The molecule has 1 heterocycles. The molecule has 0 radical (unpaired) electrons. The molecule has 3 rings (SSSR count). The molecular weight excluding hydrogens is 262 g/mol. The second kappa shape index (κ2) is 5.32. The van der Waals surface area contributed by atoms with Crippen LogP contribution in [0.4, 0.5) is 5.69 Å². The normalized spacial score (nSPS) is 10.6. The first-order valence-corrected chi connectivity index (χ1v) is 6.75. The minimum Gasteiger partial charge on any atom is -0.497 e. The van der Waals surface area contributed by atoms with E-state index in [0.29, 0.717) is 5.84 Å². The number of anilines is 1. The molecule has 0 spiro atoms. The van der Waals surface area contributed by atoms with Gasteiger partial charge in [0.05, 0.1) is 12.9 Å². The highest BCUT2D eigenvalue weighted by Crippen LogP contribution is 2.27. The summed E-state index contributed by atoms with van der Waals surface area (Å²) >= 11 is 0. The second-order valence-corrected chi connectivity index (χ2v) is 4.96. The summed E-state index contributed by atoms with van der Waals surface area (Å²) < 4.78 is 5.18. The quantitative estimate of drug-likeness (QED) is 0.495. The lowest BCUT2D eigenvalue weighted by molar-refractivity contribution is 0.415. The third-order valence-electron chi connectivity index (χ3n) is 3.35. The van der Waals surface area contributed by atoms with Gasteiger partial charge in [-0.2, -0.15) is 0 Å². The number of hydrogen-bond donors (Lipinski definition) is 3. The van der Waals surface area contributed by atoms with Gasteiger partial charge in [0.2, 0.25) is 0 Å². The van der Waals surface area contributed by atoms with Gasteiger partial charge in [-0.1, -0.05) is 0 Å². The molecule has 4 nitrogen and oxygen atoms in total. The Morgan fingerprint density at radius 1 is 1.10 bits per heavy atom. The Bertz CT molecular complexity index is 787. The van der Waals surface area contributed by atoms with Crippen LogP contribution in [0, 0.1) is 5.41 Å². The first-order chi connectivity index (χ1) is 10.2. The average molecular weight is 279 g/mol. The Kier molecular flexibility index (Phi) is 3.36. The van der Waals surface area contributed by atoms with Gasteiger partial charge in [-0.05, 0) is 61.0 Å². The van der Waals surface area contributed by atoms with Crippen LogP contribution in [0.2, 0.25) is 0 Å². The summed E-state index contributed by atoms with van der Waals surface area (Å²) in [4.78, 5) is 3.41. The van der Waals surface area contributed by atoms with Crippen LogP contribution in [-0.4, -0.2) is 17.9 Å². The molecule has 0 aliphatic heterocycles. The van der Waals surface area contributed by atoms with E-state index in [4.69, 9.17) is 10.1 Å². The second-order valence-electron chi connectivity index (χ2n) is 4.96. The van der Waals surface area contributed by atoms with E-state index in [9.17, 15) is 0 Å². The number of aromatic nitrogens is 1. The van der Waals surface area contributed by atoms with Crippen LogP contribution >= 0.6 is 0 Å². The average Bonchev–Trinajstić information content (AvgIpc) is 2.90. The third kappa shape index (κ3) is 2.74. The van der Waals surface area contributed by atoms with Gasteiger partial charge in [0.15, 0.2) is 0 Å². The van der Waals surface area contributed by atoms with E-state index in [1.165, 1.54) is 0 Å². The van der Waals surface area contributed by atoms with Crippen LogP contribution in [0.5, 0.6) is 5.75 Å². The summed E-state index contributed by atoms with van der Waals surface area (Å²) in [6.07, 6.45) is 0. The van der Waals surface area contributed by atoms with E-state index in [0.717, 1.165) is 33.6 Å². The van der Waals surface area contributed by atoms with Gasteiger partial charge in [0.25, 0.3) is 0 Å². The lowest BCUT2D eigenvalue weighted by atomic mass is 10.1. The highest BCUT2D eigenvalue weighted by atomic mass is 16.5. The van der Waals surface area contributed by atoms with Crippen molar-refractivity contribution in [2.45, 2.75) is 6.92 Å². The van der Waals surface area contributed by atoms with Gasteiger partial charge in [0.1, 0.15) is 5.75 Å². The number of fused-ring (bicyclic) bond motifs is 1. The number of rotatable bonds is 3.